The zero-order valence-electron chi connectivity index (χ0n) is 14.8. The van der Waals surface area contributed by atoms with E-state index in [1.807, 2.05) is 50.4 Å². The van der Waals surface area contributed by atoms with Crippen molar-refractivity contribution < 1.29 is 0 Å². The third-order valence-electron chi connectivity index (χ3n) is 2.39. The lowest BCUT2D eigenvalue weighted by molar-refractivity contribution is 1.50. The summed E-state index contributed by atoms with van der Waals surface area (Å²) < 4.78 is 0. The Morgan fingerprint density at radius 2 is 1.05 bits per heavy atom. The molecule has 0 spiro atoms. The molecule has 0 amide bonds. The number of hydrogen-bond acceptors (Lipinski definition) is 3. The van der Waals surface area contributed by atoms with Crippen molar-refractivity contribution in [2.45, 2.75) is 48.5 Å². The fraction of sp³-hybridized carbons (Fsp3) is 0.368. The molecule has 0 unspecified atom stereocenters. The van der Waals surface area contributed by atoms with E-state index < -0.39 is 0 Å². The summed E-state index contributed by atoms with van der Waals surface area (Å²) in [6.45, 7) is 14.4. The van der Waals surface area contributed by atoms with Gasteiger partial charge >= 0.3 is 0 Å². The summed E-state index contributed by atoms with van der Waals surface area (Å²) in [5, 5.41) is 2.08. The molecule has 0 nitrogen and oxygen atoms in total. The van der Waals surface area contributed by atoms with Crippen LogP contribution >= 0.6 is 34.0 Å². The molecule has 0 saturated heterocycles. The molecule has 0 atom stereocenters. The molecule has 0 aromatic carbocycles. The topological polar surface area (TPSA) is 0 Å². The van der Waals surface area contributed by atoms with Crippen LogP contribution in [0, 0.1) is 20.8 Å². The molecular weight excluding hydrogens is 324 g/mol. The van der Waals surface area contributed by atoms with E-state index in [-0.39, 0.29) is 0 Å². The lowest BCUT2D eigenvalue weighted by Gasteiger charge is -1.87. The minimum atomic E-state index is 1.38. The zero-order chi connectivity index (χ0) is 17.0. The van der Waals surface area contributed by atoms with Crippen LogP contribution in [0.15, 0.2) is 41.8 Å². The highest BCUT2D eigenvalue weighted by Crippen LogP contribution is 2.32. The molecule has 3 heterocycles. The van der Waals surface area contributed by atoms with Gasteiger partial charge in [-0.1, -0.05) is 33.8 Å². The van der Waals surface area contributed by atoms with Crippen molar-refractivity contribution in [2.75, 3.05) is 0 Å². The Kier molecular flexibility index (Phi) is 12.1. The fourth-order valence-electron chi connectivity index (χ4n) is 1.49. The first kappa shape index (κ1) is 21.1. The minimum absolute atomic E-state index is 1.38. The maximum absolute atomic E-state index is 2.20. The van der Waals surface area contributed by atoms with Gasteiger partial charge in [0, 0.05) is 24.4 Å². The highest BCUT2D eigenvalue weighted by molar-refractivity contribution is 7.22. The van der Waals surface area contributed by atoms with E-state index in [0.29, 0.717) is 0 Å². The van der Waals surface area contributed by atoms with Gasteiger partial charge in [0.05, 0.1) is 0 Å². The quantitative estimate of drug-likeness (QED) is 0.414. The Morgan fingerprint density at radius 3 is 1.23 bits per heavy atom. The molecule has 0 N–H and O–H groups in total. The van der Waals surface area contributed by atoms with Crippen molar-refractivity contribution in [3.05, 3.63) is 56.4 Å². The minimum Gasteiger partial charge on any atom is -0.149 e. The van der Waals surface area contributed by atoms with E-state index in [4.69, 9.17) is 0 Å². The largest absolute Gasteiger partial charge is 0.149 e. The molecule has 22 heavy (non-hydrogen) atoms. The summed E-state index contributed by atoms with van der Waals surface area (Å²) in [6, 6.07) is 12.9. The van der Waals surface area contributed by atoms with Gasteiger partial charge in [-0.2, -0.15) is 0 Å². The monoisotopic (exact) mass is 352 g/mol. The van der Waals surface area contributed by atoms with Crippen molar-refractivity contribution in [3.8, 4) is 9.75 Å². The molecule has 3 rings (SSSR count). The van der Waals surface area contributed by atoms with Crippen molar-refractivity contribution in [2.24, 2.45) is 0 Å². The lowest BCUT2D eigenvalue weighted by Crippen LogP contribution is -1.55. The van der Waals surface area contributed by atoms with Gasteiger partial charge in [0.2, 0.25) is 0 Å². The predicted octanol–water partition coefficient (Wildman–Crippen LogP) is 8.20. The lowest BCUT2D eigenvalue weighted by atomic mass is 10.3. The Hall–Kier alpha value is -0.900. The molecule has 3 aromatic heterocycles. The standard InChI is InChI=1S/C10H10S2.C5H6S.2C2H6/c1-7-3-5-9(11-7)10-6-4-8(2)12-10;1-5-3-2-4-6-5;2*1-2/h3-6H,1-2H3;2-4H,1H3;2*1-2H3. The number of aryl methyl sites for hydroxylation is 3. The van der Waals surface area contributed by atoms with Crippen molar-refractivity contribution >= 4 is 34.0 Å². The van der Waals surface area contributed by atoms with Crippen molar-refractivity contribution in [1.29, 1.82) is 0 Å². The SMILES string of the molecule is CC.CC.Cc1ccc(-c2ccc(C)s2)s1.Cc1cccs1. The Labute approximate surface area is 148 Å². The van der Waals surface area contributed by atoms with Crippen LogP contribution in [0.2, 0.25) is 0 Å². The maximum Gasteiger partial charge on any atom is 0.0445 e. The van der Waals surface area contributed by atoms with Crippen LogP contribution in [-0.4, -0.2) is 0 Å². The zero-order valence-corrected chi connectivity index (χ0v) is 17.2. The van der Waals surface area contributed by atoms with Crippen LogP contribution in [0.5, 0.6) is 0 Å². The number of hydrogen-bond donors (Lipinski definition) is 0. The van der Waals surface area contributed by atoms with Crippen LogP contribution in [0.25, 0.3) is 9.75 Å². The second kappa shape index (κ2) is 12.6. The normalized spacial score (nSPS) is 8.68. The number of thiophene rings is 3. The Bertz CT molecular complexity index is 548. The second-order valence-electron chi connectivity index (χ2n) is 4.04. The van der Waals surface area contributed by atoms with E-state index in [0.717, 1.165) is 0 Å². The first-order valence-corrected chi connectivity index (χ1v) is 10.3. The maximum atomic E-state index is 2.20. The average Bonchev–Trinajstić information content (AvgIpc) is 3.27. The van der Waals surface area contributed by atoms with Crippen molar-refractivity contribution in [3.63, 3.8) is 0 Å². The molecule has 0 bridgehead atoms. The molecule has 3 aromatic rings. The summed E-state index contributed by atoms with van der Waals surface area (Å²) in [5.41, 5.74) is 0. The molecule has 0 aliphatic rings. The first-order valence-electron chi connectivity index (χ1n) is 7.78. The van der Waals surface area contributed by atoms with Gasteiger partial charge < -0.3 is 0 Å². The van der Waals surface area contributed by atoms with Crippen LogP contribution < -0.4 is 0 Å². The van der Waals surface area contributed by atoms with Gasteiger partial charge in [-0.05, 0) is 56.5 Å². The molecule has 0 radical (unpaired) electrons. The van der Waals surface area contributed by atoms with Gasteiger partial charge in [0.15, 0.2) is 0 Å². The van der Waals surface area contributed by atoms with Gasteiger partial charge in [-0.3, -0.25) is 0 Å². The summed E-state index contributed by atoms with van der Waals surface area (Å²) in [6.07, 6.45) is 0. The third kappa shape index (κ3) is 7.92. The Morgan fingerprint density at radius 1 is 0.591 bits per heavy atom. The predicted molar refractivity (Wildman–Crippen MR) is 109 cm³/mol. The van der Waals surface area contributed by atoms with E-state index in [2.05, 4.69) is 62.5 Å². The fourth-order valence-corrected chi connectivity index (χ4v) is 3.85. The van der Waals surface area contributed by atoms with Crippen molar-refractivity contribution in [1.82, 2.24) is 0 Å². The molecule has 122 valence electrons. The molecule has 3 heteroatoms. The highest BCUT2D eigenvalue weighted by Gasteiger charge is 2.01. The van der Waals surface area contributed by atoms with Crippen LogP contribution in [0.3, 0.4) is 0 Å². The average molecular weight is 353 g/mol. The van der Waals surface area contributed by atoms with Crippen LogP contribution in [0.1, 0.15) is 42.3 Å². The molecule has 0 aliphatic heterocycles. The second-order valence-corrected chi connectivity index (χ2v) is 7.77. The summed E-state index contributed by atoms with van der Waals surface area (Å²) in [7, 11) is 0. The van der Waals surface area contributed by atoms with E-state index in [9.17, 15) is 0 Å². The van der Waals surface area contributed by atoms with Gasteiger partial charge in [-0.15, -0.1) is 34.0 Å². The summed E-state index contributed by atoms with van der Waals surface area (Å²) in [5.74, 6) is 0. The van der Waals surface area contributed by atoms with Gasteiger partial charge in [0.25, 0.3) is 0 Å². The van der Waals surface area contributed by atoms with E-state index in [1.54, 1.807) is 11.3 Å². The number of rotatable bonds is 1. The van der Waals surface area contributed by atoms with Crippen LogP contribution in [-0.2, 0) is 0 Å². The van der Waals surface area contributed by atoms with Crippen LogP contribution in [0.4, 0.5) is 0 Å². The molecule has 0 aliphatic carbocycles. The summed E-state index contributed by atoms with van der Waals surface area (Å²) in [4.78, 5) is 6.94. The summed E-state index contributed by atoms with van der Waals surface area (Å²) >= 11 is 5.51. The first-order chi connectivity index (χ1) is 10.6. The van der Waals surface area contributed by atoms with Gasteiger partial charge in [0.1, 0.15) is 0 Å². The molecule has 0 saturated carbocycles. The third-order valence-corrected chi connectivity index (χ3v) is 5.39. The molecule has 0 fully saturated rings. The Balaban J connectivity index is 0.000000373. The van der Waals surface area contributed by atoms with E-state index >= 15 is 0 Å². The van der Waals surface area contributed by atoms with E-state index in [1.165, 1.54) is 24.4 Å². The van der Waals surface area contributed by atoms with Gasteiger partial charge in [-0.25, -0.2) is 0 Å². The molecular formula is C19H28S3. The highest BCUT2D eigenvalue weighted by atomic mass is 32.1. The smallest absolute Gasteiger partial charge is 0.0445 e.